The number of halogens is 1. The Morgan fingerprint density at radius 3 is 2.54 bits per heavy atom. The van der Waals surface area contributed by atoms with Gasteiger partial charge in [0.15, 0.2) is 0 Å². The summed E-state index contributed by atoms with van der Waals surface area (Å²) in [5.41, 5.74) is 8.13. The number of nitrogens with two attached hydrogens (primary N) is 1. The molecule has 2 aromatic heterocycles. The van der Waals surface area contributed by atoms with Crippen molar-refractivity contribution >= 4 is 45.0 Å². The van der Waals surface area contributed by atoms with E-state index < -0.39 is 5.91 Å². The van der Waals surface area contributed by atoms with Crippen LogP contribution in [0.5, 0.6) is 0 Å². The number of nitrogens with zero attached hydrogens (tertiary/aromatic N) is 2. The van der Waals surface area contributed by atoms with Crippen molar-refractivity contribution in [2.45, 2.75) is 58.2 Å². The van der Waals surface area contributed by atoms with Gasteiger partial charge in [0.25, 0.3) is 5.91 Å². The lowest BCUT2D eigenvalue weighted by Crippen LogP contribution is -2.41. The average Bonchev–Trinajstić information content (AvgIpc) is 3.17. The quantitative estimate of drug-likeness (QED) is 0.472. The number of carbonyl (C=O) groups is 2. The zero-order chi connectivity index (χ0) is 25.1. The summed E-state index contributed by atoms with van der Waals surface area (Å²) in [5.74, 6) is -0.753. The maximum atomic E-state index is 13.3. The van der Waals surface area contributed by atoms with Crippen LogP contribution in [0.2, 0.25) is 5.02 Å². The van der Waals surface area contributed by atoms with Gasteiger partial charge in [-0.3, -0.25) is 19.3 Å². The lowest BCUT2D eigenvalue weighted by molar-refractivity contribution is -0.120. The van der Waals surface area contributed by atoms with Crippen LogP contribution in [0.1, 0.15) is 58.5 Å². The van der Waals surface area contributed by atoms with Crippen LogP contribution in [0.15, 0.2) is 35.3 Å². The minimum Gasteiger partial charge on any atom is -0.369 e. The van der Waals surface area contributed by atoms with Crippen LogP contribution in [-0.4, -0.2) is 33.9 Å². The van der Waals surface area contributed by atoms with Gasteiger partial charge in [0.2, 0.25) is 11.3 Å². The van der Waals surface area contributed by atoms with E-state index in [2.05, 4.69) is 10.2 Å². The van der Waals surface area contributed by atoms with Crippen LogP contribution < -0.4 is 16.5 Å². The number of carbonyl (C=O) groups excluding carboxylic acids is 2. The third-order valence-electron chi connectivity index (χ3n) is 6.75. The van der Waals surface area contributed by atoms with E-state index in [1.165, 1.54) is 17.8 Å². The number of pyridine rings is 1. The number of aromatic nitrogens is 1. The van der Waals surface area contributed by atoms with Gasteiger partial charge in [0, 0.05) is 42.3 Å². The second kappa shape index (κ2) is 10.9. The van der Waals surface area contributed by atoms with E-state index in [0.717, 1.165) is 47.2 Å². The van der Waals surface area contributed by atoms with E-state index in [0.29, 0.717) is 28.9 Å². The van der Waals surface area contributed by atoms with Gasteiger partial charge >= 0.3 is 0 Å². The Bertz CT molecular complexity index is 1290. The Hall–Kier alpha value is -2.68. The smallest absolute Gasteiger partial charge is 0.257 e. The Morgan fingerprint density at radius 2 is 1.89 bits per heavy atom. The molecule has 1 aliphatic carbocycles. The van der Waals surface area contributed by atoms with Crippen LogP contribution in [0.4, 0.5) is 0 Å². The van der Waals surface area contributed by atoms with Crippen molar-refractivity contribution < 1.29 is 9.59 Å². The zero-order valence-electron chi connectivity index (χ0n) is 20.1. The summed E-state index contributed by atoms with van der Waals surface area (Å²) in [4.78, 5) is 41.2. The number of rotatable bonds is 8. The minimum atomic E-state index is -0.410. The standard InChI is InChI=1S/C26H31ClN4O3S/c1-16-21(14-31(15-22(28)32)19-6-4-3-5-7-19)35-25-23(16)30(2)13-20(24(25)33)26(34)29-12-17-8-10-18(27)11-9-17/h8-11,13,19H,3-7,12,14-15H2,1-2H3,(H2,28,32)(H,29,34). The molecule has 186 valence electrons. The van der Waals surface area contributed by atoms with Crippen molar-refractivity contribution in [2.75, 3.05) is 6.54 Å². The van der Waals surface area contributed by atoms with Crippen molar-refractivity contribution in [3.63, 3.8) is 0 Å². The Balaban J connectivity index is 1.60. The second-order valence-electron chi connectivity index (χ2n) is 9.28. The highest BCUT2D eigenvalue weighted by molar-refractivity contribution is 7.19. The van der Waals surface area contributed by atoms with Crippen molar-refractivity contribution in [1.82, 2.24) is 14.8 Å². The number of benzene rings is 1. The molecule has 1 aromatic carbocycles. The molecule has 2 heterocycles. The van der Waals surface area contributed by atoms with Gasteiger partial charge in [-0.25, -0.2) is 0 Å². The fraction of sp³-hybridized carbons (Fsp3) is 0.423. The highest BCUT2D eigenvalue weighted by atomic mass is 35.5. The SMILES string of the molecule is Cc1c(CN(CC(N)=O)C2CCCCC2)sc2c(=O)c(C(=O)NCc3ccc(Cl)cc3)cn(C)c12. The Kier molecular flexibility index (Phi) is 7.94. The van der Waals surface area contributed by atoms with Crippen molar-refractivity contribution in [3.8, 4) is 0 Å². The van der Waals surface area contributed by atoms with Crippen LogP contribution in [-0.2, 0) is 24.9 Å². The first-order valence-electron chi connectivity index (χ1n) is 11.9. The summed E-state index contributed by atoms with van der Waals surface area (Å²) in [5, 5.41) is 3.46. The first kappa shape index (κ1) is 25.4. The normalized spacial score (nSPS) is 14.5. The molecular weight excluding hydrogens is 484 g/mol. The number of hydrogen-bond donors (Lipinski definition) is 2. The van der Waals surface area contributed by atoms with Gasteiger partial charge in [-0.05, 0) is 43.0 Å². The molecule has 0 unspecified atom stereocenters. The number of amides is 2. The third kappa shape index (κ3) is 5.77. The monoisotopic (exact) mass is 514 g/mol. The van der Waals surface area contributed by atoms with Gasteiger partial charge in [0.05, 0.1) is 16.8 Å². The Labute approximate surface area is 213 Å². The van der Waals surface area contributed by atoms with Crippen LogP contribution in [0.25, 0.3) is 10.2 Å². The minimum absolute atomic E-state index is 0.114. The van der Waals surface area contributed by atoms with Gasteiger partial charge < -0.3 is 15.6 Å². The van der Waals surface area contributed by atoms with Gasteiger partial charge in [0.1, 0.15) is 5.56 Å². The van der Waals surface area contributed by atoms with Gasteiger partial charge in [-0.15, -0.1) is 11.3 Å². The molecule has 1 aliphatic rings. The summed E-state index contributed by atoms with van der Waals surface area (Å²) in [6.07, 6.45) is 7.24. The molecule has 3 aromatic rings. The van der Waals surface area contributed by atoms with Crippen LogP contribution in [0, 0.1) is 6.92 Å². The molecule has 0 atom stereocenters. The maximum absolute atomic E-state index is 13.3. The molecule has 4 rings (SSSR count). The lowest BCUT2D eigenvalue weighted by Gasteiger charge is -2.33. The maximum Gasteiger partial charge on any atom is 0.257 e. The van der Waals surface area contributed by atoms with Gasteiger partial charge in [-0.1, -0.05) is 43.0 Å². The predicted molar refractivity (Wildman–Crippen MR) is 141 cm³/mol. The molecule has 2 amide bonds. The first-order valence-corrected chi connectivity index (χ1v) is 13.1. The number of thiophene rings is 1. The molecule has 9 heteroatoms. The summed E-state index contributed by atoms with van der Waals surface area (Å²) in [7, 11) is 1.85. The van der Waals surface area contributed by atoms with E-state index in [1.54, 1.807) is 18.3 Å². The molecule has 0 aliphatic heterocycles. The molecule has 1 fully saturated rings. The summed E-state index contributed by atoms with van der Waals surface area (Å²) in [6, 6.07) is 7.51. The molecule has 35 heavy (non-hydrogen) atoms. The lowest BCUT2D eigenvalue weighted by atomic mass is 9.94. The molecule has 7 nitrogen and oxygen atoms in total. The van der Waals surface area contributed by atoms with Crippen LogP contribution >= 0.6 is 22.9 Å². The van der Waals surface area contributed by atoms with E-state index in [-0.39, 0.29) is 23.4 Å². The molecular formula is C26H31ClN4O3S. The molecule has 0 saturated heterocycles. The summed E-state index contributed by atoms with van der Waals surface area (Å²) >= 11 is 7.33. The summed E-state index contributed by atoms with van der Waals surface area (Å²) < 4.78 is 2.41. The van der Waals surface area contributed by atoms with E-state index >= 15 is 0 Å². The number of aryl methyl sites for hydroxylation is 2. The molecule has 1 saturated carbocycles. The summed E-state index contributed by atoms with van der Waals surface area (Å²) in [6.45, 7) is 3.07. The predicted octanol–water partition coefficient (Wildman–Crippen LogP) is 4.11. The number of fused-ring (bicyclic) bond motifs is 1. The zero-order valence-corrected chi connectivity index (χ0v) is 21.7. The topological polar surface area (TPSA) is 97.4 Å². The fourth-order valence-electron chi connectivity index (χ4n) is 4.91. The van der Waals surface area contributed by atoms with E-state index in [4.69, 9.17) is 17.3 Å². The fourth-order valence-corrected chi connectivity index (χ4v) is 6.35. The third-order valence-corrected chi connectivity index (χ3v) is 8.26. The van der Waals surface area contributed by atoms with Crippen molar-refractivity contribution in [2.24, 2.45) is 12.8 Å². The number of primary amides is 1. The van der Waals surface area contributed by atoms with E-state index in [9.17, 15) is 14.4 Å². The van der Waals surface area contributed by atoms with Gasteiger partial charge in [-0.2, -0.15) is 0 Å². The molecule has 0 spiro atoms. The molecule has 0 radical (unpaired) electrons. The highest BCUT2D eigenvalue weighted by Crippen LogP contribution is 2.32. The van der Waals surface area contributed by atoms with E-state index in [1.807, 2.05) is 30.7 Å². The Morgan fingerprint density at radius 1 is 1.20 bits per heavy atom. The average molecular weight is 515 g/mol. The molecule has 0 bridgehead atoms. The number of hydrogen-bond acceptors (Lipinski definition) is 5. The highest BCUT2D eigenvalue weighted by Gasteiger charge is 2.25. The van der Waals surface area contributed by atoms with Crippen LogP contribution in [0.3, 0.4) is 0 Å². The van der Waals surface area contributed by atoms with Crippen molar-refractivity contribution in [1.29, 1.82) is 0 Å². The largest absolute Gasteiger partial charge is 0.369 e. The van der Waals surface area contributed by atoms with Crippen molar-refractivity contribution in [3.05, 3.63) is 67.3 Å². The number of nitrogens with one attached hydrogen (secondary N) is 1. The second-order valence-corrected chi connectivity index (χ2v) is 10.8. The molecule has 3 N–H and O–H groups in total. The first-order chi connectivity index (χ1) is 16.7.